The lowest BCUT2D eigenvalue weighted by Crippen LogP contribution is -2.55. The molecule has 0 bridgehead atoms. The van der Waals surface area contributed by atoms with Gasteiger partial charge >= 0.3 is 6.09 Å². The summed E-state index contributed by atoms with van der Waals surface area (Å²) in [6, 6.07) is 4.35. The molecule has 3 unspecified atom stereocenters. The van der Waals surface area contributed by atoms with Crippen molar-refractivity contribution in [1.82, 2.24) is 15.5 Å². The molecule has 0 spiro atoms. The molecule has 38 heavy (non-hydrogen) atoms. The van der Waals surface area contributed by atoms with Gasteiger partial charge in [0.05, 0.1) is 0 Å². The largest absolute Gasteiger partial charge is 0.444 e. The summed E-state index contributed by atoms with van der Waals surface area (Å²) >= 11 is 0. The Bertz CT molecular complexity index is 873. The van der Waals surface area contributed by atoms with E-state index in [1.54, 1.807) is 25.7 Å². The summed E-state index contributed by atoms with van der Waals surface area (Å²) in [5, 5.41) is 5.93. The van der Waals surface area contributed by atoms with Gasteiger partial charge < -0.3 is 20.3 Å². The number of alkyl carbamates (subject to hydrolysis) is 1. The predicted octanol–water partition coefficient (Wildman–Crippen LogP) is 6.61. The van der Waals surface area contributed by atoms with Crippen molar-refractivity contribution in [2.45, 2.75) is 125 Å². The van der Waals surface area contributed by atoms with Gasteiger partial charge in [-0.25, -0.2) is 4.79 Å². The van der Waals surface area contributed by atoms with Crippen LogP contribution in [0.1, 0.15) is 116 Å². The van der Waals surface area contributed by atoms with Crippen molar-refractivity contribution in [3.05, 3.63) is 34.9 Å². The minimum Gasteiger partial charge on any atom is -0.444 e. The number of unbranched alkanes of at least 4 members (excludes halogenated alkanes) is 4. The minimum absolute atomic E-state index is 0.144. The summed E-state index contributed by atoms with van der Waals surface area (Å²) in [7, 11) is 0. The smallest absolute Gasteiger partial charge is 0.408 e. The molecule has 0 aliphatic carbocycles. The first-order valence-electron chi connectivity index (χ1n) is 14.5. The fourth-order valence-electron chi connectivity index (χ4n) is 4.54. The first-order chi connectivity index (χ1) is 17.9. The van der Waals surface area contributed by atoms with Crippen LogP contribution >= 0.6 is 0 Å². The highest BCUT2D eigenvalue weighted by molar-refractivity contribution is 5.92. The monoisotopic (exact) mass is 531 g/mol. The third-order valence-corrected chi connectivity index (χ3v) is 6.89. The second-order valence-electron chi connectivity index (χ2n) is 11.5. The van der Waals surface area contributed by atoms with E-state index in [1.807, 2.05) is 45.9 Å². The van der Waals surface area contributed by atoms with Crippen LogP contribution in [0.3, 0.4) is 0 Å². The second-order valence-corrected chi connectivity index (χ2v) is 11.5. The van der Waals surface area contributed by atoms with Gasteiger partial charge in [0.2, 0.25) is 11.8 Å². The standard InChI is InChI=1S/C31H53N3O4/c1-10-13-15-16-21-34(29(36)26(22(4)12-3)33-30(37)38-31(7,8)9)27(28(35)32-20-14-11-2)25-23(5)18-17-19-24(25)6/h17-19,22,26-27H,10-16,20-21H2,1-9H3,(H,32,35)(H,33,37). The number of nitrogens with zero attached hydrogens (tertiary/aromatic N) is 1. The molecule has 216 valence electrons. The molecule has 0 aromatic heterocycles. The molecule has 3 atom stereocenters. The van der Waals surface area contributed by atoms with Crippen LogP contribution in [0.2, 0.25) is 0 Å². The highest BCUT2D eigenvalue weighted by atomic mass is 16.6. The van der Waals surface area contributed by atoms with Gasteiger partial charge in [-0.1, -0.05) is 78.0 Å². The predicted molar refractivity (Wildman–Crippen MR) is 155 cm³/mol. The molecule has 1 aromatic rings. The zero-order valence-electron chi connectivity index (χ0n) is 25.4. The summed E-state index contributed by atoms with van der Waals surface area (Å²) < 4.78 is 5.50. The van der Waals surface area contributed by atoms with E-state index in [0.29, 0.717) is 19.5 Å². The van der Waals surface area contributed by atoms with Crippen molar-refractivity contribution in [3.63, 3.8) is 0 Å². The highest BCUT2D eigenvalue weighted by Gasteiger charge is 2.38. The Morgan fingerprint density at radius 2 is 1.55 bits per heavy atom. The third-order valence-electron chi connectivity index (χ3n) is 6.89. The van der Waals surface area contributed by atoms with Crippen LogP contribution < -0.4 is 10.6 Å². The lowest BCUT2D eigenvalue weighted by Gasteiger charge is -2.37. The Hall–Kier alpha value is -2.57. The summed E-state index contributed by atoms with van der Waals surface area (Å²) in [6.07, 6.45) is 5.76. The number of hydrogen-bond donors (Lipinski definition) is 2. The van der Waals surface area contributed by atoms with Crippen molar-refractivity contribution < 1.29 is 19.1 Å². The van der Waals surface area contributed by atoms with E-state index in [9.17, 15) is 14.4 Å². The normalized spacial score (nSPS) is 13.8. The number of hydrogen-bond acceptors (Lipinski definition) is 4. The van der Waals surface area contributed by atoms with Gasteiger partial charge in [-0.3, -0.25) is 9.59 Å². The zero-order chi connectivity index (χ0) is 28.9. The molecule has 1 aromatic carbocycles. The molecular weight excluding hydrogens is 478 g/mol. The Labute approximate surface area is 231 Å². The maximum absolute atomic E-state index is 14.4. The molecule has 2 N–H and O–H groups in total. The molecule has 3 amide bonds. The number of ether oxygens (including phenoxy) is 1. The molecular formula is C31H53N3O4. The number of carbonyl (C=O) groups excluding carboxylic acids is 3. The number of amides is 3. The van der Waals surface area contributed by atoms with Crippen LogP contribution in [-0.4, -0.2) is 47.5 Å². The molecule has 0 heterocycles. The third kappa shape index (κ3) is 10.7. The van der Waals surface area contributed by atoms with Crippen molar-refractivity contribution in [2.24, 2.45) is 5.92 Å². The lowest BCUT2D eigenvalue weighted by atomic mass is 9.91. The fourth-order valence-corrected chi connectivity index (χ4v) is 4.54. The topological polar surface area (TPSA) is 87.7 Å². The fraction of sp³-hybridized carbons (Fsp3) is 0.710. The Kier molecular flexibility index (Phi) is 14.4. The van der Waals surface area contributed by atoms with Crippen LogP contribution in [0.15, 0.2) is 18.2 Å². The molecule has 7 heteroatoms. The average molecular weight is 532 g/mol. The summed E-state index contributed by atoms with van der Waals surface area (Å²) in [5.74, 6) is -0.574. The van der Waals surface area contributed by atoms with Crippen molar-refractivity contribution in [2.75, 3.05) is 13.1 Å². The van der Waals surface area contributed by atoms with Crippen LogP contribution in [0, 0.1) is 19.8 Å². The summed E-state index contributed by atoms with van der Waals surface area (Å²) in [5.41, 5.74) is 2.09. The van der Waals surface area contributed by atoms with Crippen LogP contribution in [0.4, 0.5) is 4.79 Å². The van der Waals surface area contributed by atoms with E-state index in [-0.39, 0.29) is 17.7 Å². The van der Waals surface area contributed by atoms with Gasteiger partial charge in [0, 0.05) is 13.1 Å². The first kappa shape index (κ1) is 33.5. The summed E-state index contributed by atoms with van der Waals surface area (Å²) in [6.45, 7) is 18.5. The van der Waals surface area contributed by atoms with Crippen molar-refractivity contribution >= 4 is 17.9 Å². The Morgan fingerprint density at radius 3 is 2.08 bits per heavy atom. The number of aryl methyl sites for hydroxylation is 2. The number of carbonyl (C=O) groups is 3. The van der Waals surface area contributed by atoms with Gasteiger partial charge in [0.1, 0.15) is 17.7 Å². The molecule has 0 saturated heterocycles. The minimum atomic E-state index is -0.809. The molecule has 0 saturated carbocycles. The van der Waals surface area contributed by atoms with Crippen LogP contribution in [0.25, 0.3) is 0 Å². The van der Waals surface area contributed by atoms with E-state index in [1.165, 1.54) is 0 Å². The van der Waals surface area contributed by atoms with Crippen LogP contribution in [0.5, 0.6) is 0 Å². The first-order valence-corrected chi connectivity index (χ1v) is 14.5. The van der Waals surface area contributed by atoms with Crippen molar-refractivity contribution in [1.29, 1.82) is 0 Å². The maximum atomic E-state index is 14.4. The average Bonchev–Trinajstić information content (AvgIpc) is 2.83. The van der Waals surface area contributed by atoms with E-state index in [2.05, 4.69) is 24.5 Å². The van der Waals surface area contributed by atoms with Gasteiger partial charge in [-0.15, -0.1) is 0 Å². The molecule has 0 aliphatic heterocycles. The molecule has 1 rings (SSSR count). The second kappa shape index (κ2) is 16.4. The molecule has 0 aliphatic rings. The van der Waals surface area contributed by atoms with Gasteiger partial charge in [-0.05, 0) is 70.1 Å². The number of nitrogens with one attached hydrogen (secondary N) is 2. The zero-order valence-corrected chi connectivity index (χ0v) is 25.4. The van der Waals surface area contributed by atoms with E-state index >= 15 is 0 Å². The quantitative estimate of drug-likeness (QED) is 0.249. The van der Waals surface area contributed by atoms with Crippen LogP contribution in [-0.2, 0) is 14.3 Å². The highest BCUT2D eigenvalue weighted by Crippen LogP contribution is 2.30. The number of benzene rings is 1. The van der Waals surface area contributed by atoms with E-state index in [4.69, 9.17) is 4.74 Å². The van der Waals surface area contributed by atoms with Crippen molar-refractivity contribution in [3.8, 4) is 0 Å². The van der Waals surface area contributed by atoms with Gasteiger partial charge in [0.15, 0.2) is 0 Å². The SMILES string of the molecule is CCCCCCN(C(=O)C(NC(=O)OC(C)(C)C)C(C)CC)C(C(=O)NCCCC)c1c(C)cccc1C. The number of rotatable bonds is 15. The summed E-state index contributed by atoms with van der Waals surface area (Å²) in [4.78, 5) is 42.7. The Balaban J connectivity index is 3.57. The Morgan fingerprint density at radius 1 is 0.947 bits per heavy atom. The maximum Gasteiger partial charge on any atom is 0.408 e. The molecule has 0 radical (unpaired) electrons. The molecule has 7 nitrogen and oxygen atoms in total. The van der Waals surface area contributed by atoms with Gasteiger partial charge in [0.25, 0.3) is 0 Å². The molecule has 0 fully saturated rings. The lowest BCUT2D eigenvalue weighted by molar-refractivity contribution is -0.143. The van der Waals surface area contributed by atoms with E-state index < -0.39 is 23.8 Å². The van der Waals surface area contributed by atoms with E-state index in [0.717, 1.165) is 55.2 Å². The van der Waals surface area contributed by atoms with Gasteiger partial charge in [-0.2, -0.15) is 0 Å².